The molecule has 0 radical (unpaired) electrons. The van der Waals surface area contributed by atoms with Gasteiger partial charge in [0.2, 0.25) is 0 Å². The minimum atomic E-state index is -1.76. The molecule has 0 saturated carbocycles. The van der Waals surface area contributed by atoms with Gasteiger partial charge in [0.1, 0.15) is 0 Å². The van der Waals surface area contributed by atoms with Crippen LogP contribution in [0.4, 0.5) is 0 Å². The summed E-state index contributed by atoms with van der Waals surface area (Å²) in [7, 11) is -3.51. The molecule has 0 amide bonds. The van der Waals surface area contributed by atoms with Crippen molar-refractivity contribution >= 4 is 38.1 Å². The molecule has 21 heavy (non-hydrogen) atoms. The molecule has 2 aromatic rings. The van der Waals surface area contributed by atoms with Crippen LogP contribution in [0.3, 0.4) is 0 Å². The second-order valence-corrected chi connectivity index (χ2v) is 16.5. The van der Waals surface area contributed by atoms with Gasteiger partial charge in [-0.05, 0) is 16.1 Å². The van der Waals surface area contributed by atoms with Gasteiger partial charge in [-0.1, -0.05) is 97.2 Å². The first-order valence-electron chi connectivity index (χ1n) is 7.01. The molecule has 0 atom stereocenters. The van der Waals surface area contributed by atoms with Crippen LogP contribution in [0.1, 0.15) is 0 Å². The molecule has 0 N–H and O–H groups in total. The summed E-state index contributed by atoms with van der Waals surface area (Å²) in [6.45, 7) is 9.45. The maximum absolute atomic E-state index is 6.97. The molecule has 0 heterocycles. The van der Waals surface area contributed by atoms with Crippen LogP contribution in [-0.2, 0) is 0 Å². The Morgan fingerprint density at radius 3 is 1.24 bits per heavy atom. The first-order valence-corrected chi connectivity index (χ1v) is 13.4. The largest absolute Gasteiger partial charge is 1.00 e. The molecule has 2 aromatic carbocycles. The quantitative estimate of drug-likeness (QED) is 0.583. The molecule has 0 aliphatic heterocycles. The van der Waals surface area contributed by atoms with Crippen molar-refractivity contribution < 1.29 is 18.9 Å². The number of benzene rings is 2. The number of rotatable bonds is 4. The number of halogens is 1. The van der Waals surface area contributed by atoms with Gasteiger partial charge in [0.05, 0.1) is 0 Å². The molecule has 0 bridgehead atoms. The third kappa shape index (κ3) is 3.94. The zero-order valence-electron chi connectivity index (χ0n) is 13.7. The Hall–Kier alpha value is -0.239. The summed E-state index contributed by atoms with van der Waals surface area (Å²) < 4.78 is 1.24. The topological polar surface area (TPSA) is 0 Å². The molecule has 0 saturated heterocycles. The van der Waals surface area contributed by atoms with Gasteiger partial charge in [-0.3, -0.25) is 0 Å². The Bertz CT molecular complexity index is 504. The van der Waals surface area contributed by atoms with Crippen LogP contribution in [0.25, 0.3) is 0 Å². The van der Waals surface area contributed by atoms with Crippen molar-refractivity contribution in [3.05, 3.63) is 65.3 Å². The molecule has 106 valence electrons. The zero-order chi connectivity index (χ0) is 14.8. The summed E-state index contributed by atoms with van der Waals surface area (Å²) in [5.74, 6) is 0. The monoisotopic (exact) mass is 324 g/mol. The molecular weight excluding hydrogens is 303 g/mol. The second-order valence-electron chi connectivity index (χ2n) is 6.30. The van der Waals surface area contributed by atoms with Crippen LogP contribution in [-0.4, -0.2) is 16.1 Å². The van der Waals surface area contributed by atoms with E-state index in [9.17, 15) is 0 Å². The van der Waals surface area contributed by atoms with Crippen LogP contribution in [0.15, 0.2) is 60.7 Å². The van der Waals surface area contributed by atoms with Gasteiger partial charge < -0.3 is 11.6 Å². The standard InChI is InChI=1S/C17H22ClSi2.Li/c1-19(2,15-11-7-5-8-12-15)17(18)20(3,4)16-13-9-6-10-14-16;/h5-14H,1-4H3;/q-1;+1. The normalized spacial score (nSPS) is 12.1. The molecule has 4 heteroatoms. The van der Waals surface area contributed by atoms with E-state index in [1.54, 1.807) is 0 Å². The molecule has 2 rings (SSSR count). The molecule has 0 aliphatic carbocycles. The van der Waals surface area contributed by atoms with Crippen molar-refractivity contribution in [1.29, 1.82) is 0 Å². The second kappa shape index (κ2) is 7.35. The third-order valence-corrected chi connectivity index (χ3v) is 16.4. The molecular formula is C17H22ClLiSi2. The van der Waals surface area contributed by atoms with Gasteiger partial charge in [-0.25, -0.2) is 4.62 Å². The van der Waals surface area contributed by atoms with Crippen LogP contribution in [0.5, 0.6) is 0 Å². The van der Waals surface area contributed by atoms with Crippen molar-refractivity contribution in [3.63, 3.8) is 0 Å². The fourth-order valence-corrected chi connectivity index (χ4v) is 13.1. The first kappa shape index (κ1) is 18.8. The Morgan fingerprint density at radius 1 is 0.667 bits per heavy atom. The van der Waals surface area contributed by atoms with E-state index >= 15 is 0 Å². The van der Waals surface area contributed by atoms with Crippen LogP contribution in [0.2, 0.25) is 26.2 Å². The van der Waals surface area contributed by atoms with Gasteiger partial charge in [0.15, 0.2) is 0 Å². The van der Waals surface area contributed by atoms with Gasteiger partial charge >= 0.3 is 18.9 Å². The molecule has 0 spiro atoms. The summed E-state index contributed by atoms with van der Waals surface area (Å²) in [6.07, 6.45) is 0. The smallest absolute Gasteiger partial charge is 0.349 e. The van der Waals surface area contributed by atoms with E-state index in [1.807, 2.05) is 0 Å². The van der Waals surface area contributed by atoms with E-state index in [0.717, 1.165) is 0 Å². The molecule has 0 aliphatic rings. The number of hydrogen-bond acceptors (Lipinski definition) is 0. The van der Waals surface area contributed by atoms with Crippen molar-refractivity contribution in [2.75, 3.05) is 0 Å². The number of hydrogen-bond donors (Lipinski definition) is 0. The third-order valence-electron chi connectivity index (χ3n) is 4.09. The summed E-state index contributed by atoms with van der Waals surface area (Å²) in [5.41, 5.74) is 0. The minimum Gasteiger partial charge on any atom is -0.349 e. The Kier molecular flexibility index (Phi) is 6.58. The molecule has 0 fully saturated rings. The first-order chi connectivity index (χ1) is 9.37. The van der Waals surface area contributed by atoms with Crippen LogP contribution < -0.4 is 29.2 Å². The maximum Gasteiger partial charge on any atom is 1.00 e. The summed E-state index contributed by atoms with van der Waals surface area (Å²) in [4.78, 5) is 0. The Labute approximate surface area is 148 Å². The van der Waals surface area contributed by atoms with E-state index in [4.69, 9.17) is 11.6 Å². The zero-order valence-corrected chi connectivity index (χ0v) is 16.4. The van der Waals surface area contributed by atoms with E-state index in [-0.39, 0.29) is 18.9 Å². The van der Waals surface area contributed by atoms with E-state index < -0.39 is 16.1 Å². The fraction of sp³-hybridized carbons (Fsp3) is 0.235. The minimum absolute atomic E-state index is 0. The van der Waals surface area contributed by atoms with Crippen LogP contribution >= 0.6 is 11.6 Å². The van der Waals surface area contributed by atoms with E-state index in [0.29, 0.717) is 0 Å². The summed E-state index contributed by atoms with van der Waals surface area (Å²) in [5, 5.41) is 2.84. The average Bonchev–Trinajstić information content (AvgIpc) is 2.48. The SMILES string of the molecule is C[Si](C)(c1ccccc1)[C-](Cl)[Si](C)(C)c1ccccc1.[Li+]. The molecule has 0 nitrogen and oxygen atoms in total. The predicted octanol–water partition coefficient (Wildman–Crippen LogP) is 1.07. The maximum atomic E-state index is 6.97. The summed E-state index contributed by atoms with van der Waals surface area (Å²) >= 11 is 6.97. The molecule has 0 aromatic heterocycles. The average molecular weight is 325 g/mol. The van der Waals surface area contributed by atoms with E-state index in [1.165, 1.54) is 15.0 Å². The van der Waals surface area contributed by atoms with Crippen molar-refractivity contribution in [1.82, 2.24) is 0 Å². The van der Waals surface area contributed by atoms with Crippen LogP contribution in [0, 0.1) is 4.62 Å². The van der Waals surface area contributed by atoms with Crippen molar-refractivity contribution in [3.8, 4) is 0 Å². The molecule has 0 unspecified atom stereocenters. The Balaban J connectivity index is 0.00000220. The van der Waals surface area contributed by atoms with Gasteiger partial charge in [0, 0.05) is 0 Å². The Morgan fingerprint density at radius 2 is 0.952 bits per heavy atom. The summed E-state index contributed by atoms with van der Waals surface area (Å²) in [6, 6.07) is 21.5. The van der Waals surface area contributed by atoms with Crippen molar-refractivity contribution in [2.45, 2.75) is 26.2 Å². The van der Waals surface area contributed by atoms with Gasteiger partial charge in [-0.2, -0.15) is 0 Å². The predicted molar refractivity (Wildman–Crippen MR) is 96.2 cm³/mol. The van der Waals surface area contributed by atoms with Crippen molar-refractivity contribution in [2.24, 2.45) is 0 Å². The van der Waals surface area contributed by atoms with Gasteiger partial charge in [-0.15, -0.1) is 0 Å². The van der Waals surface area contributed by atoms with Gasteiger partial charge in [0.25, 0.3) is 0 Å². The fourth-order valence-electron chi connectivity index (χ4n) is 2.74. The van der Waals surface area contributed by atoms with E-state index in [2.05, 4.69) is 86.9 Å².